The molecule has 0 aliphatic rings. The van der Waals surface area contributed by atoms with Crippen LogP contribution in [0.25, 0.3) is 0 Å². The van der Waals surface area contributed by atoms with Crippen LogP contribution in [-0.4, -0.2) is 23.8 Å². The number of hydrogen-bond donors (Lipinski definition) is 1. The van der Waals surface area contributed by atoms with Crippen LogP contribution < -0.4 is 5.32 Å². The van der Waals surface area contributed by atoms with E-state index in [1.807, 2.05) is 7.05 Å². The maximum atomic E-state index is 4.18. The number of rotatable bonds is 3. The first kappa shape index (κ1) is 10.6. The molecular weight excluding hydrogens is 182 g/mol. The first-order chi connectivity index (χ1) is 6.04. The van der Waals surface area contributed by atoms with Crippen LogP contribution >= 0.6 is 11.3 Å². The van der Waals surface area contributed by atoms with E-state index >= 15 is 0 Å². The summed E-state index contributed by atoms with van der Waals surface area (Å²) in [7, 11) is 1.95. The number of aromatic nitrogens is 2. The summed E-state index contributed by atoms with van der Waals surface area (Å²) >= 11 is 1.72. The molecule has 1 aromatic rings. The summed E-state index contributed by atoms with van der Waals surface area (Å²) in [5, 5.41) is 13.7. The van der Waals surface area contributed by atoms with Crippen molar-refractivity contribution >= 4 is 11.3 Å². The van der Waals surface area contributed by atoms with Gasteiger partial charge in [-0.1, -0.05) is 20.8 Å². The molecule has 0 atom stereocenters. The summed E-state index contributed by atoms with van der Waals surface area (Å²) in [6.07, 6.45) is 0.976. The van der Waals surface area contributed by atoms with E-state index in [1.165, 1.54) is 0 Å². The summed E-state index contributed by atoms with van der Waals surface area (Å²) in [6, 6.07) is 0. The van der Waals surface area contributed by atoms with Crippen molar-refractivity contribution in [2.75, 3.05) is 13.6 Å². The van der Waals surface area contributed by atoms with Gasteiger partial charge in [-0.05, 0) is 7.05 Å². The Morgan fingerprint density at radius 2 is 2.00 bits per heavy atom. The number of nitrogens with one attached hydrogen (secondary N) is 1. The van der Waals surface area contributed by atoms with Crippen LogP contribution in [0.1, 0.15) is 30.8 Å². The summed E-state index contributed by atoms with van der Waals surface area (Å²) in [5.41, 5.74) is 0.134. The van der Waals surface area contributed by atoms with Crippen LogP contribution in [0.4, 0.5) is 0 Å². The van der Waals surface area contributed by atoms with Gasteiger partial charge in [0.2, 0.25) is 0 Å². The molecule has 1 rings (SSSR count). The lowest BCUT2D eigenvalue weighted by Gasteiger charge is -2.12. The number of nitrogens with zero attached hydrogens (tertiary/aromatic N) is 2. The molecule has 0 bridgehead atoms. The first-order valence-electron chi connectivity index (χ1n) is 4.51. The van der Waals surface area contributed by atoms with E-state index in [0.717, 1.165) is 23.0 Å². The monoisotopic (exact) mass is 199 g/mol. The van der Waals surface area contributed by atoms with E-state index in [2.05, 4.69) is 36.3 Å². The van der Waals surface area contributed by atoms with E-state index in [-0.39, 0.29) is 5.41 Å². The van der Waals surface area contributed by atoms with Crippen molar-refractivity contribution in [1.29, 1.82) is 0 Å². The Hall–Kier alpha value is -0.480. The van der Waals surface area contributed by atoms with Crippen molar-refractivity contribution in [1.82, 2.24) is 15.5 Å². The molecule has 0 amide bonds. The molecule has 1 aromatic heterocycles. The molecule has 4 heteroatoms. The highest BCUT2D eigenvalue weighted by Crippen LogP contribution is 2.25. The second-order valence-corrected chi connectivity index (χ2v) is 5.17. The molecule has 0 aliphatic carbocycles. The van der Waals surface area contributed by atoms with Gasteiger partial charge in [0, 0.05) is 18.4 Å². The van der Waals surface area contributed by atoms with Gasteiger partial charge in [0.15, 0.2) is 0 Å². The normalized spacial score (nSPS) is 12.0. The first-order valence-corrected chi connectivity index (χ1v) is 5.33. The van der Waals surface area contributed by atoms with E-state index in [4.69, 9.17) is 0 Å². The highest BCUT2D eigenvalue weighted by atomic mass is 32.1. The SMILES string of the molecule is CNCCc1nnc(C(C)(C)C)s1. The fraction of sp³-hybridized carbons (Fsp3) is 0.778. The molecule has 0 spiro atoms. The zero-order valence-electron chi connectivity index (χ0n) is 8.72. The molecule has 1 heterocycles. The minimum absolute atomic E-state index is 0.134. The average Bonchev–Trinajstić information content (AvgIpc) is 2.47. The fourth-order valence-electron chi connectivity index (χ4n) is 0.890. The largest absolute Gasteiger partial charge is 0.319 e. The van der Waals surface area contributed by atoms with E-state index in [1.54, 1.807) is 11.3 Å². The quantitative estimate of drug-likeness (QED) is 0.803. The van der Waals surface area contributed by atoms with Gasteiger partial charge in [0.1, 0.15) is 10.0 Å². The maximum Gasteiger partial charge on any atom is 0.122 e. The van der Waals surface area contributed by atoms with Crippen LogP contribution in [0.2, 0.25) is 0 Å². The summed E-state index contributed by atoms with van der Waals surface area (Å²) < 4.78 is 0. The van der Waals surface area contributed by atoms with Gasteiger partial charge in [0.05, 0.1) is 0 Å². The molecule has 0 saturated carbocycles. The molecule has 0 aromatic carbocycles. The van der Waals surface area contributed by atoms with Gasteiger partial charge >= 0.3 is 0 Å². The Kier molecular flexibility index (Phi) is 3.39. The third-order valence-corrected chi connectivity index (χ3v) is 3.11. The minimum Gasteiger partial charge on any atom is -0.319 e. The molecule has 0 fully saturated rings. The van der Waals surface area contributed by atoms with Crippen LogP contribution in [0, 0.1) is 0 Å². The molecule has 74 valence electrons. The van der Waals surface area contributed by atoms with Crippen LogP contribution in [0.5, 0.6) is 0 Å². The third-order valence-electron chi connectivity index (χ3n) is 1.70. The summed E-state index contributed by atoms with van der Waals surface area (Å²) in [4.78, 5) is 0. The Morgan fingerprint density at radius 3 is 2.46 bits per heavy atom. The molecular formula is C9H17N3S. The number of hydrogen-bond acceptors (Lipinski definition) is 4. The summed E-state index contributed by atoms with van der Waals surface area (Å²) in [6.45, 7) is 7.46. The predicted molar refractivity (Wildman–Crippen MR) is 56.2 cm³/mol. The molecule has 0 aliphatic heterocycles. The molecule has 0 unspecified atom stereocenters. The Balaban J connectivity index is 2.64. The molecule has 3 nitrogen and oxygen atoms in total. The second-order valence-electron chi connectivity index (χ2n) is 4.10. The highest BCUT2D eigenvalue weighted by molar-refractivity contribution is 7.11. The van der Waals surface area contributed by atoms with Crippen LogP contribution in [0.3, 0.4) is 0 Å². The van der Waals surface area contributed by atoms with E-state index in [0.29, 0.717) is 0 Å². The topological polar surface area (TPSA) is 37.8 Å². The smallest absolute Gasteiger partial charge is 0.122 e. The lowest BCUT2D eigenvalue weighted by Crippen LogP contribution is -2.10. The van der Waals surface area contributed by atoms with Gasteiger partial charge in [-0.3, -0.25) is 0 Å². The van der Waals surface area contributed by atoms with Gasteiger partial charge in [0.25, 0.3) is 0 Å². The van der Waals surface area contributed by atoms with Gasteiger partial charge in [-0.15, -0.1) is 21.5 Å². The predicted octanol–water partition coefficient (Wildman–Crippen LogP) is 1.60. The van der Waals surface area contributed by atoms with Crippen molar-refractivity contribution < 1.29 is 0 Å². The molecule has 13 heavy (non-hydrogen) atoms. The van der Waals surface area contributed by atoms with Crippen LogP contribution in [-0.2, 0) is 11.8 Å². The Morgan fingerprint density at radius 1 is 1.31 bits per heavy atom. The lowest BCUT2D eigenvalue weighted by molar-refractivity contribution is 0.577. The molecule has 1 N–H and O–H groups in total. The van der Waals surface area contributed by atoms with E-state index in [9.17, 15) is 0 Å². The fourth-order valence-corrected chi connectivity index (χ4v) is 1.79. The van der Waals surface area contributed by atoms with Crippen molar-refractivity contribution in [2.45, 2.75) is 32.6 Å². The summed E-state index contributed by atoms with van der Waals surface area (Å²) in [5.74, 6) is 0. The average molecular weight is 199 g/mol. The molecule has 0 radical (unpaired) electrons. The zero-order chi connectivity index (χ0) is 9.90. The second kappa shape index (κ2) is 4.15. The molecule has 0 saturated heterocycles. The van der Waals surface area contributed by atoms with Gasteiger partial charge < -0.3 is 5.32 Å². The minimum atomic E-state index is 0.134. The van der Waals surface area contributed by atoms with Crippen molar-refractivity contribution in [2.24, 2.45) is 0 Å². The zero-order valence-corrected chi connectivity index (χ0v) is 9.53. The van der Waals surface area contributed by atoms with Gasteiger partial charge in [-0.2, -0.15) is 0 Å². The van der Waals surface area contributed by atoms with E-state index < -0.39 is 0 Å². The lowest BCUT2D eigenvalue weighted by atomic mass is 9.98. The highest BCUT2D eigenvalue weighted by Gasteiger charge is 2.18. The maximum absolute atomic E-state index is 4.18. The third kappa shape index (κ3) is 3.04. The Labute approximate surface area is 83.6 Å². The van der Waals surface area contributed by atoms with Gasteiger partial charge in [-0.25, -0.2) is 0 Å². The Bertz CT molecular complexity index is 262. The van der Waals surface area contributed by atoms with Crippen molar-refractivity contribution in [3.05, 3.63) is 10.0 Å². The van der Waals surface area contributed by atoms with Crippen molar-refractivity contribution in [3.8, 4) is 0 Å². The standard InChI is InChI=1S/C9H17N3S/c1-9(2,3)8-12-11-7(13-8)5-6-10-4/h10H,5-6H2,1-4H3. The van der Waals surface area contributed by atoms with Crippen LogP contribution in [0.15, 0.2) is 0 Å². The van der Waals surface area contributed by atoms with Crippen molar-refractivity contribution in [3.63, 3.8) is 0 Å². The number of likely N-dealkylation sites (N-methyl/N-ethyl adjacent to an activating group) is 1.